The summed E-state index contributed by atoms with van der Waals surface area (Å²) in [6.45, 7) is 8.68. The van der Waals surface area contributed by atoms with Crippen LogP contribution >= 0.6 is 0 Å². The summed E-state index contributed by atoms with van der Waals surface area (Å²) in [6, 6.07) is 6.32. The Morgan fingerprint density at radius 1 is 1.38 bits per heavy atom. The van der Waals surface area contributed by atoms with Gasteiger partial charge in [-0.2, -0.15) is 0 Å². The Bertz CT molecular complexity index is 493. The van der Waals surface area contributed by atoms with Crippen LogP contribution in [0.5, 0.6) is 0 Å². The topological polar surface area (TPSA) is 28.6 Å². The fraction of sp³-hybridized carbons (Fsp3) is 0.706. The highest BCUT2D eigenvalue weighted by atomic mass is 16.5. The molecule has 0 unspecified atom stereocenters. The third-order valence-electron chi connectivity index (χ3n) is 5.15. The number of pyridine rings is 1. The zero-order valence-electron chi connectivity index (χ0n) is 13.5. The molecule has 0 saturated carbocycles. The van der Waals surface area contributed by atoms with Gasteiger partial charge in [-0.1, -0.05) is 6.07 Å². The van der Waals surface area contributed by atoms with Crippen LogP contribution in [0.3, 0.4) is 0 Å². The maximum Gasteiger partial charge on any atom is 0.0547 e. The Kier molecular flexibility index (Phi) is 4.29. The van der Waals surface area contributed by atoms with E-state index >= 15 is 0 Å². The van der Waals surface area contributed by atoms with Crippen molar-refractivity contribution in [3.63, 3.8) is 0 Å². The maximum atomic E-state index is 5.47. The molecule has 0 amide bonds. The highest BCUT2D eigenvalue weighted by Crippen LogP contribution is 2.43. The summed E-state index contributed by atoms with van der Waals surface area (Å²) in [5.74, 6) is 0.669. The van der Waals surface area contributed by atoms with E-state index in [4.69, 9.17) is 4.74 Å². The van der Waals surface area contributed by atoms with Gasteiger partial charge >= 0.3 is 0 Å². The summed E-state index contributed by atoms with van der Waals surface area (Å²) in [7, 11) is 4.07. The first-order valence-corrected chi connectivity index (χ1v) is 7.94. The predicted octanol–water partition coefficient (Wildman–Crippen LogP) is 1.79. The monoisotopic (exact) mass is 289 g/mol. The summed E-state index contributed by atoms with van der Waals surface area (Å²) in [5, 5.41) is 0. The van der Waals surface area contributed by atoms with Gasteiger partial charge in [-0.25, -0.2) is 0 Å². The lowest BCUT2D eigenvalue weighted by Gasteiger charge is -2.30. The van der Waals surface area contributed by atoms with Crippen LogP contribution in [0.4, 0.5) is 0 Å². The van der Waals surface area contributed by atoms with Crippen molar-refractivity contribution in [2.45, 2.75) is 19.9 Å². The Morgan fingerprint density at radius 3 is 3.00 bits per heavy atom. The molecule has 0 radical (unpaired) electrons. The lowest BCUT2D eigenvalue weighted by atomic mass is 9.78. The minimum absolute atomic E-state index is 0.425. The molecule has 2 aliphatic rings. The number of methoxy groups -OCH3 is 1. The number of hydrogen-bond donors (Lipinski definition) is 0. The van der Waals surface area contributed by atoms with Crippen molar-refractivity contribution in [3.8, 4) is 0 Å². The second kappa shape index (κ2) is 6.03. The predicted molar refractivity (Wildman–Crippen MR) is 84.2 cm³/mol. The van der Waals surface area contributed by atoms with E-state index in [1.807, 2.05) is 7.11 Å². The quantitative estimate of drug-likeness (QED) is 0.845. The lowest BCUT2D eigenvalue weighted by Crippen LogP contribution is -2.36. The van der Waals surface area contributed by atoms with Gasteiger partial charge in [0.1, 0.15) is 0 Å². The third kappa shape index (κ3) is 3.12. The molecule has 2 atom stereocenters. The average Bonchev–Trinajstić information content (AvgIpc) is 2.95. The highest BCUT2D eigenvalue weighted by Gasteiger charge is 2.49. The summed E-state index contributed by atoms with van der Waals surface area (Å²) < 4.78 is 5.47. The van der Waals surface area contributed by atoms with Gasteiger partial charge in [0.15, 0.2) is 0 Å². The molecule has 4 heteroatoms. The molecule has 21 heavy (non-hydrogen) atoms. The molecule has 2 aliphatic heterocycles. The standard InChI is InChI=1S/C17H27N3O/c1-14-5-4-6-16(18-14)10-20-8-7-17(13-20)12-19(2)9-15(17)11-21-3/h4-6,15H,7-13H2,1-3H3/t15-,17-/m1/s1. The van der Waals surface area contributed by atoms with E-state index < -0.39 is 0 Å². The molecular weight excluding hydrogens is 262 g/mol. The van der Waals surface area contributed by atoms with Crippen LogP contribution in [0.2, 0.25) is 0 Å². The second-order valence-corrected chi connectivity index (χ2v) is 6.94. The molecule has 3 rings (SSSR count). The first kappa shape index (κ1) is 14.9. The van der Waals surface area contributed by atoms with Crippen molar-refractivity contribution in [2.24, 2.45) is 11.3 Å². The summed E-state index contributed by atoms with van der Waals surface area (Å²) in [4.78, 5) is 9.69. The van der Waals surface area contributed by atoms with E-state index in [2.05, 4.69) is 47.0 Å². The number of hydrogen-bond acceptors (Lipinski definition) is 4. The average molecular weight is 289 g/mol. The normalized spacial score (nSPS) is 30.5. The van der Waals surface area contributed by atoms with E-state index in [0.717, 1.165) is 18.8 Å². The number of nitrogens with zero attached hydrogens (tertiary/aromatic N) is 3. The van der Waals surface area contributed by atoms with Crippen molar-refractivity contribution < 1.29 is 4.74 Å². The Hall–Kier alpha value is -0.970. The van der Waals surface area contributed by atoms with Gasteiger partial charge in [-0.15, -0.1) is 0 Å². The van der Waals surface area contributed by atoms with Gasteiger partial charge in [0.2, 0.25) is 0 Å². The van der Waals surface area contributed by atoms with E-state index in [-0.39, 0.29) is 0 Å². The molecule has 2 saturated heterocycles. The fourth-order valence-electron chi connectivity index (χ4n) is 4.23. The molecule has 0 N–H and O–H groups in total. The smallest absolute Gasteiger partial charge is 0.0547 e. The largest absolute Gasteiger partial charge is 0.384 e. The summed E-state index contributed by atoms with van der Waals surface area (Å²) in [6.07, 6.45) is 1.29. The first-order chi connectivity index (χ1) is 10.1. The third-order valence-corrected chi connectivity index (χ3v) is 5.15. The van der Waals surface area contributed by atoms with Crippen molar-refractivity contribution in [3.05, 3.63) is 29.6 Å². The lowest BCUT2D eigenvalue weighted by molar-refractivity contribution is 0.0958. The molecule has 1 aromatic rings. The number of likely N-dealkylation sites (tertiary alicyclic amines) is 2. The summed E-state index contributed by atoms with van der Waals surface area (Å²) in [5.41, 5.74) is 2.73. The molecule has 1 spiro atoms. The number of aryl methyl sites for hydroxylation is 1. The summed E-state index contributed by atoms with van der Waals surface area (Å²) >= 11 is 0. The van der Waals surface area contributed by atoms with E-state index in [9.17, 15) is 0 Å². The minimum Gasteiger partial charge on any atom is -0.384 e. The minimum atomic E-state index is 0.425. The Balaban J connectivity index is 1.67. The number of ether oxygens (including phenoxy) is 1. The molecule has 0 aliphatic carbocycles. The first-order valence-electron chi connectivity index (χ1n) is 7.94. The van der Waals surface area contributed by atoms with E-state index in [0.29, 0.717) is 11.3 Å². The van der Waals surface area contributed by atoms with Gasteiger partial charge in [0, 0.05) is 50.3 Å². The number of rotatable bonds is 4. The SMILES string of the molecule is COC[C@H]1CN(C)C[C@@]12CCN(Cc1cccc(C)n1)C2. The van der Waals surface area contributed by atoms with Crippen molar-refractivity contribution >= 4 is 0 Å². The van der Waals surface area contributed by atoms with Crippen LogP contribution in [-0.4, -0.2) is 61.7 Å². The van der Waals surface area contributed by atoms with Gasteiger partial charge in [0.25, 0.3) is 0 Å². The van der Waals surface area contributed by atoms with Crippen LogP contribution in [0.1, 0.15) is 17.8 Å². The highest BCUT2D eigenvalue weighted by molar-refractivity contribution is 5.11. The molecule has 0 aromatic carbocycles. The van der Waals surface area contributed by atoms with Gasteiger partial charge in [0.05, 0.1) is 12.3 Å². The van der Waals surface area contributed by atoms with Crippen LogP contribution in [0.15, 0.2) is 18.2 Å². The van der Waals surface area contributed by atoms with Gasteiger partial charge in [-0.05, 0) is 39.1 Å². The van der Waals surface area contributed by atoms with Crippen LogP contribution in [0, 0.1) is 18.3 Å². The molecular formula is C17H27N3O. The Labute approximate surface area is 128 Å². The van der Waals surface area contributed by atoms with E-state index in [1.165, 1.54) is 38.3 Å². The fourth-order valence-corrected chi connectivity index (χ4v) is 4.23. The second-order valence-electron chi connectivity index (χ2n) is 6.94. The zero-order chi connectivity index (χ0) is 14.9. The van der Waals surface area contributed by atoms with Gasteiger partial charge < -0.3 is 9.64 Å². The van der Waals surface area contributed by atoms with Crippen molar-refractivity contribution in [1.82, 2.24) is 14.8 Å². The molecule has 4 nitrogen and oxygen atoms in total. The molecule has 0 bridgehead atoms. The molecule has 3 heterocycles. The van der Waals surface area contributed by atoms with Crippen LogP contribution in [0.25, 0.3) is 0 Å². The van der Waals surface area contributed by atoms with Crippen LogP contribution in [-0.2, 0) is 11.3 Å². The van der Waals surface area contributed by atoms with Crippen LogP contribution < -0.4 is 0 Å². The Morgan fingerprint density at radius 2 is 2.24 bits per heavy atom. The van der Waals surface area contributed by atoms with E-state index in [1.54, 1.807) is 0 Å². The van der Waals surface area contributed by atoms with Crippen molar-refractivity contribution in [1.29, 1.82) is 0 Å². The molecule has 1 aromatic heterocycles. The van der Waals surface area contributed by atoms with Gasteiger partial charge in [-0.3, -0.25) is 9.88 Å². The number of aromatic nitrogens is 1. The van der Waals surface area contributed by atoms with Crippen molar-refractivity contribution in [2.75, 3.05) is 46.9 Å². The zero-order valence-corrected chi connectivity index (χ0v) is 13.5. The maximum absolute atomic E-state index is 5.47. The molecule has 2 fully saturated rings. The molecule has 116 valence electrons.